The number of carbonyl (C=O) groups is 4. The number of hydrogen-bond acceptors (Lipinski definition) is 7. The molecule has 0 radical (unpaired) electrons. The summed E-state index contributed by atoms with van der Waals surface area (Å²) in [7, 11) is 5.63. The highest BCUT2D eigenvalue weighted by Crippen LogP contribution is 2.31. The number of esters is 1. The molecular formula is C22H22N2O7. The molecule has 9 heteroatoms. The van der Waals surface area contributed by atoms with E-state index in [9.17, 15) is 19.2 Å². The van der Waals surface area contributed by atoms with Crippen molar-refractivity contribution in [3.63, 3.8) is 0 Å². The number of imide groups is 1. The van der Waals surface area contributed by atoms with E-state index in [1.165, 1.54) is 46.6 Å². The molecular weight excluding hydrogens is 404 g/mol. The van der Waals surface area contributed by atoms with Gasteiger partial charge in [0.05, 0.1) is 44.9 Å². The van der Waals surface area contributed by atoms with Crippen LogP contribution >= 0.6 is 0 Å². The molecule has 0 saturated heterocycles. The molecule has 31 heavy (non-hydrogen) atoms. The molecule has 2 aromatic rings. The summed E-state index contributed by atoms with van der Waals surface area (Å²) in [6.45, 7) is 0. The minimum atomic E-state index is -0.729. The van der Waals surface area contributed by atoms with E-state index in [0.717, 1.165) is 4.90 Å². The summed E-state index contributed by atoms with van der Waals surface area (Å²) in [5, 5.41) is 2.79. The van der Waals surface area contributed by atoms with Gasteiger partial charge in [0.2, 0.25) is 0 Å². The van der Waals surface area contributed by atoms with Crippen molar-refractivity contribution in [2.24, 2.45) is 0 Å². The summed E-state index contributed by atoms with van der Waals surface area (Å²) in [6, 6.07) is 8.58. The second kappa shape index (κ2) is 8.86. The highest BCUT2D eigenvalue weighted by molar-refractivity contribution is 6.21. The maximum atomic E-state index is 12.9. The van der Waals surface area contributed by atoms with Gasteiger partial charge in [-0.1, -0.05) is 6.07 Å². The molecule has 0 aromatic heterocycles. The molecule has 1 aliphatic rings. The third-order valence-corrected chi connectivity index (χ3v) is 5.07. The third-order valence-electron chi connectivity index (χ3n) is 5.07. The lowest BCUT2D eigenvalue weighted by molar-refractivity contribution is -0.141. The van der Waals surface area contributed by atoms with Gasteiger partial charge < -0.3 is 19.5 Å². The van der Waals surface area contributed by atoms with E-state index < -0.39 is 29.7 Å². The van der Waals surface area contributed by atoms with Crippen LogP contribution < -0.4 is 14.8 Å². The minimum absolute atomic E-state index is 0.122. The zero-order valence-electron chi connectivity index (χ0n) is 17.6. The normalized spacial score (nSPS) is 13.5. The Kier molecular flexibility index (Phi) is 6.24. The third kappa shape index (κ3) is 4.20. The first-order valence-electron chi connectivity index (χ1n) is 9.36. The van der Waals surface area contributed by atoms with Crippen LogP contribution in [-0.4, -0.2) is 57.0 Å². The van der Waals surface area contributed by atoms with Crippen LogP contribution in [0, 0.1) is 0 Å². The largest absolute Gasteiger partial charge is 0.493 e. The van der Waals surface area contributed by atoms with Crippen molar-refractivity contribution in [3.8, 4) is 11.5 Å². The van der Waals surface area contributed by atoms with E-state index in [4.69, 9.17) is 14.2 Å². The summed E-state index contributed by atoms with van der Waals surface area (Å²) in [5.41, 5.74) is 1.19. The Morgan fingerprint density at radius 1 is 0.935 bits per heavy atom. The molecule has 3 rings (SSSR count). The SMILES string of the molecule is COC(=O)CC(NC(=O)c1ccc2c(c1)C(=O)N(C)C2=O)c1ccc(OC)c(OC)c1. The molecule has 0 aliphatic carbocycles. The van der Waals surface area contributed by atoms with Crippen LogP contribution in [0.4, 0.5) is 0 Å². The number of ether oxygens (including phenoxy) is 3. The number of carbonyl (C=O) groups excluding carboxylic acids is 4. The van der Waals surface area contributed by atoms with Crippen molar-refractivity contribution in [1.82, 2.24) is 10.2 Å². The highest BCUT2D eigenvalue weighted by Gasteiger charge is 2.33. The van der Waals surface area contributed by atoms with Gasteiger partial charge in [-0.25, -0.2) is 0 Å². The van der Waals surface area contributed by atoms with E-state index in [2.05, 4.69) is 5.32 Å². The average molecular weight is 426 g/mol. The predicted molar refractivity (Wildman–Crippen MR) is 109 cm³/mol. The van der Waals surface area contributed by atoms with E-state index in [0.29, 0.717) is 17.1 Å². The maximum Gasteiger partial charge on any atom is 0.307 e. The fraction of sp³-hybridized carbons (Fsp3) is 0.273. The molecule has 0 fully saturated rings. The lowest BCUT2D eigenvalue weighted by atomic mass is 10.0. The standard InChI is InChI=1S/C22H22N2O7/c1-24-21(27)14-7-5-13(9-15(14)22(24)28)20(26)23-16(11-19(25)31-4)12-6-8-17(29-2)18(10-12)30-3/h5-10,16H,11H2,1-4H3,(H,23,26). The number of fused-ring (bicyclic) bond motifs is 1. The molecule has 1 unspecified atom stereocenters. The Balaban J connectivity index is 1.90. The van der Waals surface area contributed by atoms with Gasteiger partial charge in [0, 0.05) is 12.6 Å². The van der Waals surface area contributed by atoms with Crippen LogP contribution in [0.15, 0.2) is 36.4 Å². The first-order chi connectivity index (χ1) is 14.8. The molecule has 3 amide bonds. The molecule has 2 aromatic carbocycles. The number of benzene rings is 2. The topological polar surface area (TPSA) is 111 Å². The molecule has 1 N–H and O–H groups in total. The summed E-state index contributed by atoms with van der Waals surface area (Å²) in [4.78, 5) is 50.1. The number of hydrogen-bond donors (Lipinski definition) is 1. The fourth-order valence-corrected chi connectivity index (χ4v) is 3.32. The molecule has 0 saturated carbocycles. The van der Waals surface area contributed by atoms with Gasteiger partial charge in [0.1, 0.15) is 0 Å². The number of nitrogens with one attached hydrogen (secondary N) is 1. The second-order valence-corrected chi connectivity index (χ2v) is 6.85. The van der Waals surface area contributed by atoms with Gasteiger partial charge in [-0.3, -0.25) is 24.1 Å². The van der Waals surface area contributed by atoms with Crippen molar-refractivity contribution in [1.29, 1.82) is 0 Å². The van der Waals surface area contributed by atoms with Crippen molar-refractivity contribution in [2.45, 2.75) is 12.5 Å². The lowest BCUT2D eigenvalue weighted by Crippen LogP contribution is -2.30. The summed E-state index contributed by atoms with van der Waals surface area (Å²) in [5.74, 6) is -0.978. The second-order valence-electron chi connectivity index (χ2n) is 6.85. The zero-order valence-corrected chi connectivity index (χ0v) is 17.6. The molecule has 1 heterocycles. The van der Waals surface area contributed by atoms with Crippen molar-refractivity contribution in [3.05, 3.63) is 58.7 Å². The van der Waals surface area contributed by atoms with Crippen LogP contribution in [-0.2, 0) is 9.53 Å². The van der Waals surface area contributed by atoms with Gasteiger partial charge in [-0.2, -0.15) is 0 Å². The molecule has 162 valence electrons. The number of methoxy groups -OCH3 is 3. The Morgan fingerprint density at radius 2 is 1.61 bits per heavy atom. The van der Waals surface area contributed by atoms with Crippen LogP contribution in [0.1, 0.15) is 49.1 Å². The van der Waals surface area contributed by atoms with Gasteiger partial charge in [0.25, 0.3) is 17.7 Å². The molecule has 9 nitrogen and oxygen atoms in total. The van der Waals surface area contributed by atoms with Gasteiger partial charge in [0.15, 0.2) is 11.5 Å². The van der Waals surface area contributed by atoms with Gasteiger partial charge in [-0.05, 0) is 35.9 Å². The Labute approximate surface area is 178 Å². The van der Waals surface area contributed by atoms with Crippen LogP contribution in [0.2, 0.25) is 0 Å². The molecule has 1 atom stereocenters. The lowest BCUT2D eigenvalue weighted by Gasteiger charge is -2.20. The smallest absolute Gasteiger partial charge is 0.307 e. The summed E-state index contributed by atoms with van der Waals surface area (Å²) in [6.07, 6.45) is -0.122. The van der Waals surface area contributed by atoms with E-state index in [-0.39, 0.29) is 23.1 Å². The fourth-order valence-electron chi connectivity index (χ4n) is 3.32. The quantitative estimate of drug-likeness (QED) is 0.532. The first-order valence-corrected chi connectivity index (χ1v) is 9.36. The highest BCUT2D eigenvalue weighted by atomic mass is 16.5. The van der Waals surface area contributed by atoms with Crippen LogP contribution in [0.25, 0.3) is 0 Å². The minimum Gasteiger partial charge on any atom is -0.493 e. The van der Waals surface area contributed by atoms with Crippen LogP contribution in [0.5, 0.6) is 11.5 Å². The number of amides is 3. The Morgan fingerprint density at radius 3 is 2.26 bits per heavy atom. The van der Waals surface area contributed by atoms with Crippen molar-refractivity contribution in [2.75, 3.05) is 28.4 Å². The average Bonchev–Trinajstić information content (AvgIpc) is 3.01. The first kappa shape index (κ1) is 21.8. The molecule has 0 spiro atoms. The zero-order chi connectivity index (χ0) is 22.7. The number of nitrogens with zero attached hydrogens (tertiary/aromatic N) is 1. The van der Waals surface area contributed by atoms with Gasteiger partial charge >= 0.3 is 5.97 Å². The Bertz CT molecular complexity index is 1060. The van der Waals surface area contributed by atoms with E-state index >= 15 is 0 Å². The Hall–Kier alpha value is -3.88. The van der Waals surface area contributed by atoms with E-state index in [1.807, 2.05) is 0 Å². The number of rotatable bonds is 7. The monoisotopic (exact) mass is 426 g/mol. The molecule has 1 aliphatic heterocycles. The van der Waals surface area contributed by atoms with Gasteiger partial charge in [-0.15, -0.1) is 0 Å². The molecule has 0 bridgehead atoms. The summed E-state index contributed by atoms with van der Waals surface area (Å²) < 4.78 is 15.3. The van der Waals surface area contributed by atoms with Crippen molar-refractivity contribution < 1.29 is 33.4 Å². The van der Waals surface area contributed by atoms with Crippen LogP contribution in [0.3, 0.4) is 0 Å². The van der Waals surface area contributed by atoms with E-state index in [1.54, 1.807) is 18.2 Å². The van der Waals surface area contributed by atoms with Crippen molar-refractivity contribution >= 4 is 23.7 Å². The predicted octanol–water partition coefficient (Wildman–Crippen LogP) is 1.96. The maximum absolute atomic E-state index is 12.9. The summed E-state index contributed by atoms with van der Waals surface area (Å²) >= 11 is 0.